The maximum Gasteiger partial charge on any atom is 0.240 e. The molecule has 1 saturated carbocycles. The lowest BCUT2D eigenvalue weighted by molar-refractivity contribution is -0.133. The normalized spacial score (nSPS) is 28.6. The second-order valence-electron chi connectivity index (χ2n) is 12.2. The van der Waals surface area contributed by atoms with Crippen molar-refractivity contribution in [1.82, 2.24) is 10.2 Å². The molecule has 3 amide bonds. The number of rotatable bonds is 8. The first-order valence-corrected chi connectivity index (χ1v) is 13.7. The fourth-order valence-electron chi connectivity index (χ4n) is 6.39. The highest BCUT2D eigenvalue weighted by Gasteiger charge is 2.59. The van der Waals surface area contributed by atoms with E-state index < -0.39 is 11.9 Å². The van der Waals surface area contributed by atoms with Gasteiger partial charge in [0.25, 0.3) is 0 Å². The average Bonchev–Trinajstić information content (AvgIpc) is 3.28. The molecule has 6 rings (SSSR count). The quantitative estimate of drug-likeness (QED) is 0.495. The van der Waals surface area contributed by atoms with E-state index in [4.69, 9.17) is 19.6 Å². The fraction of sp³-hybridized carbons (Fsp3) is 0.552. The molecule has 39 heavy (non-hydrogen) atoms. The number of furan rings is 1. The second-order valence-corrected chi connectivity index (χ2v) is 12.2. The number of ether oxygens (including phenoxy) is 2. The molecule has 6 atom stereocenters. The van der Waals surface area contributed by atoms with Crippen molar-refractivity contribution < 1.29 is 28.3 Å². The van der Waals surface area contributed by atoms with Gasteiger partial charge >= 0.3 is 0 Å². The summed E-state index contributed by atoms with van der Waals surface area (Å²) < 4.78 is 17.9. The number of primary amides is 1. The van der Waals surface area contributed by atoms with E-state index in [1.54, 1.807) is 18.0 Å². The molecule has 1 aromatic carbocycles. The molecule has 4 aliphatic rings. The Morgan fingerprint density at radius 1 is 1.21 bits per heavy atom. The number of likely N-dealkylation sites (tertiary alicyclic amines) is 1. The zero-order valence-electron chi connectivity index (χ0n) is 22.8. The molecule has 0 radical (unpaired) electrons. The summed E-state index contributed by atoms with van der Waals surface area (Å²) in [6, 6.07) is 8.36. The predicted octanol–water partition coefficient (Wildman–Crippen LogP) is 2.33. The lowest BCUT2D eigenvalue weighted by Crippen LogP contribution is -2.56. The van der Waals surface area contributed by atoms with Gasteiger partial charge in [-0.15, -0.1) is 0 Å². The van der Waals surface area contributed by atoms with Gasteiger partial charge in [0.2, 0.25) is 17.7 Å². The standard InChI is InChI=1S/C29H36N4O6/c1-29(2,3)39-28-27(38-28)33-18-8-7-17(11-18)24(33)26(36)31-20(25(30)35)14-19-9-10-22(37-19)16-6-5-15-13-23(34)32(4)21(15)12-16/h5-6,9-10,12,17-18,20,24,27-28H,7-8,11,13-14H2,1-4H3,(H2,30,35)(H,31,36)/t17-,18+,20-,24-,27?,28?/m0/s1. The van der Waals surface area contributed by atoms with Crippen molar-refractivity contribution in [2.75, 3.05) is 11.9 Å². The number of amides is 3. The molecule has 2 saturated heterocycles. The van der Waals surface area contributed by atoms with Crippen LogP contribution in [0.2, 0.25) is 0 Å². The third kappa shape index (κ3) is 4.97. The van der Waals surface area contributed by atoms with Gasteiger partial charge in [-0.3, -0.25) is 19.3 Å². The Balaban J connectivity index is 1.14. The SMILES string of the molecule is CN1C(=O)Cc2ccc(-c3ccc(C[C@H](NC(=O)[C@@H]4[C@H]5CC[C@H](C5)N4C4OC4OC(C)(C)C)C(N)=O)o3)cc21. The van der Waals surface area contributed by atoms with Gasteiger partial charge in [0.05, 0.1) is 18.1 Å². The molecule has 208 valence electrons. The number of carbonyl (C=O) groups is 3. The van der Waals surface area contributed by atoms with Crippen molar-refractivity contribution in [2.45, 2.75) is 89.1 Å². The lowest BCUT2D eigenvalue weighted by Gasteiger charge is -2.34. The number of anilines is 1. The van der Waals surface area contributed by atoms with E-state index in [-0.39, 0.29) is 54.4 Å². The maximum absolute atomic E-state index is 13.5. The summed E-state index contributed by atoms with van der Waals surface area (Å²) in [6.45, 7) is 5.94. The smallest absolute Gasteiger partial charge is 0.240 e. The molecule has 2 aromatic rings. The van der Waals surface area contributed by atoms with Crippen molar-refractivity contribution in [1.29, 1.82) is 0 Å². The largest absolute Gasteiger partial charge is 0.461 e. The van der Waals surface area contributed by atoms with Crippen LogP contribution in [-0.2, 0) is 36.7 Å². The summed E-state index contributed by atoms with van der Waals surface area (Å²) in [6.07, 6.45) is 2.86. The minimum absolute atomic E-state index is 0.0573. The molecule has 2 unspecified atom stereocenters. The number of carbonyl (C=O) groups excluding carboxylic acids is 3. The van der Waals surface area contributed by atoms with Gasteiger partial charge < -0.3 is 29.8 Å². The topological polar surface area (TPSA) is 131 Å². The van der Waals surface area contributed by atoms with E-state index in [1.165, 1.54) is 0 Å². The molecule has 4 heterocycles. The number of hydrogen-bond donors (Lipinski definition) is 2. The molecule has 2 bridgehead atoms. The Morgan fingerprint density at radius 2 is 2.00 bits per heavy atom. The Morgan fingerprint density at radius 3 is 2.74 bits per heavy atom. The number of nitrogens with zero attached hydrogens (tertiary/aromatic N) is 2. The van der Waals surface area contributed by atoms with E-state index in [9.17, 15) is 14.4 Å². The van der Waals surface area contributed by atoms with Gasteiger partial charge in [-0.1, -0.05) is 12.1 Å². The Hall–Kier alpha value is -3.21. The van der Waals surface area contributed by atoms with Crippen molar-refractivity contribution in [3.05, 3.63) is 41.7 Å². The second kappa shape index (κ2) is 9.46. The molecule has 10 nitrogen and oxygen atoms in total. The molecule has 3 fully saturated rings. The van der Waals surface area contributed by atoms with Gasteiger partial charge in [0.15, 0.2) is 12.5 Å². The van der Waals surface area contributed by atoms with E-state index in [0.717, 1.165) is 36.1 Å². The molecular weight excluding hydrogens is 500 g/mol. The van der Waals surface area contributed by atoms with Crippen LogP contribution in [0.3, 0.4) is 0 Å². The molecule has 1 aliphatic carbocycles. The zero-order chi connectivity index (χ0) is 27.6. The summed E-state index contributed by atoms with van der Waals surface area (Å²) in [5, 5.41) is 2.91. The van der Waals surface area contributed by atoms with Gasteiger partial charge in [-0.25, -0.2) is 0 Å². The third-order valence-electron chi connectivity index (χ3n) is 8.27. The number of nitrogens with two attached hydrogens (primary N) is 1. The van der Waals surface area contributed by atoms with Gasteiger partial charge in [0, 0.05) is 30.8 Å². The Bertz CT molecular complexity index is 1320. The monoisotopic (exact) mass is 536 g/mol. The summed E-state index contributed by atoms with van der Waals surface area (Å²) >= 11 is 0. The van der Waals surface area contributed by atoms with Crippen LogP contribution >= 0.6 is 0 Å². The first-order valence-electron chi connectivity index (χ1n) is 13.7. The molecule has 10 heteroatoms. The van der Waals surface area contributed by atoms with Crippen LogP contribution in [0.25, 0.3) is 11.3 Å². The highest BCUT2D eigenvalue weighted by atomic mass is 16.8. The van der Waals surface area contributed by atoms with Crippen molar-refractivity contribution >= 4 is 23.4 Å². The number of likely N-dealkylation sites (N-methyl/N-ethyl adjacent to an activating group) is 1. The van der Waals surface area contributed by atoms with Crippen LogP contribution in [0.5, 0.6) is 0 Å². The first-order chi connectivity index (χ1) is 18.5. The van der Waals surface area contributed by atoms with E-state index >= 15 is 0 Å². The Kier molecular flexibility index (Phi) is 6.32. The zero-order valence-corrected chi connectivity index (χ0v) is 22.8. The van der Waals surface area contributed by atoms with Crippen LogP contribution in [0.15, 0.2) is 34.7 Å². The van der Waals surface area contributed by atoms with Crippen LogP contribution in [0.1, 0.15) is 51.4 Å². The number of hydrogen-bond acceptors (Lipinski definition) is 7. The van der Waals surface area contributed by atoms with E-state index in [2.05, 4.69) is 10.2 Å². The third-order valence-corrected chi connectivity index (χ3v) is 8.27. The summed E-state index contributed by atoms with van der Waals surface area (Å²) in [5.41, 5.74) is 8.05. The minimum Gasteiger partial charge on any atom is -0.461 e. The average molecular weight is 537 g/mol. The number of fused-ring (bicyclic) bond motifs is 3. The summed E-state index contributed by atoms with van der Waals surface area (Å²) in [7, 11) is 1.76. The van der Waals surface area contributed by atoms with Crippen molar-refractivity contribution in [3.8, 4) is 11.3 Å². The van der Waals surface area contributed by atoms with E-state index in [0.29, 0.717) is 17.9 Å². The van der Waals surface area contributed by atoms with Crippen LogP contribution in [0.4, 0.5) is 5.69 Å². The maximum atomic E-state index is 13.5. The molecule has 0 spiro atoms. The first kappa shape index (κ1) is 26.0. The number of epoxide rings is 1. The predicted molar refractivity (Wildman–Crippen MR) is 142 cm³/mol. The number of nitrogens with one attached hydrogen (secondary N) is 1. The fourth-order valence-corrected chi connectivity index (χ4v) is 6.39. The highest BCUT2D eigenvalue weighted by molar-refractivity contribution is 6.01. The lowest BCUT2D eigenvalue weighted by atomic mass is 9.97. The molecule has 1 aromatic heterocycles. The van der Waals surface area contributed by atoms with Crippen LogP contribution < -0.4 is 16.0 Å². The summed E-state index contributed by atoms with van der Waals surface area (Å²) in [5.74, 6) is 0.586. The van der Waals surface area contributed by atoms with Crippen LogP contribution in [0, 0.1) is 5.92 Å². The highest BCUT2D eigenvalue weighted by Crippen LogP contribution is 2.48. The molecular formula is C29H36N4O6. The molecule has 3 aliphatic heterocycles. The Labute approximate surface area is 227 Å². The van der Waals surface area contributed by atoms with Crippen molar-refractivity contribution in [3.63, 3.8) is 0 Å². The molecule has 3 N–H and O–H groups in total. The van der Waals surface area contributed by atoms with Crippen molar-refractivity contribution in [2.24, 2.45) is 11.7 Å². The number of benzene rings is 1. The van der Waals surface area contributed by atoms with Gasteiger partial charge in [-0.05, 0) is 69.7 Å². The summed E-state index contributed by atoms with van der Waals surface area (Å²) in [4.78, 5) is 41.8. The van der Waals surface area contributed by atoms with Gasteiger partial charge in [-0.2, -0.15) is 0 Å². The minimum atomic E-state index is -0.914. The number of piperidine rings is 1. The van der Waals surface area contributed by atoms with Gasteiger partial charge in [0.1, 0.15) is 17.6 Å². The van der Waals surface area contributed by atoms with E-state index in [1.807, 2.05) is 45.0 Å². The van der Waals surface area contributed by atoms with Crippen LogP contribution in [-0.4, -0.2) is 65.9 Å².